The maximum Gasteiger partial charge on any atom is 0.359 e. The molecule has 1 N–H and O–H groups in total. The summed E-state index contributed by atoms with van der Waals surface area (Å²) < 4.78 is 4.84. The number of rotatable bonds is 4. The van der Waals surface area contributed by atoms with Crippen molar-refractivity contribution in [2.45, 2.75) is 5.16 Å². The highest BCUT2D eigenvalue weighted by atomic mass is 35.5. The van der Waals surface area contributed by atoms with Gasteiger partial charge in [-0.2, -0.15) is 0 Å². The Bertz CT molecular complexity index is 598. The molecule has 0 saturated carbocycles. The van der Waals surface area contributed by atoms with Gasteiger partial charge in [-0.15, -0.1) is 0 Å². The summed E-state index contributed by atoms with van der Waals surface area (Å²) in [7, 11) is 0. The molecule has 21 heavy (non-hydrogen) atoms. The lowest BCUT2D eigenvalue weighted by Crippen LogP contribution is -2.37. The maximum atomic E-state index is 11.9. The van der Waals surface area contributed by atoms with Crippen molar-refractivity contribution in [3.05, 3.63) is 16.9 Å². The van der Waals surface area contributed by atoms with Crippen LogP contribution in [0.2, 0.25) is 5.02 Å². The zero-order valence-electron chi connectivity index (χ0n) is 11.0. The molecular weight excluding hydrogens is 320 g/mol. The normalized spacial score (nSPS) is 14.0. The van der Waals surface area contributed by atoms with Gasteiger partial charge in [0.05, 0.1) is 11.2 Å². The van der Waals surface area contributed by atoms with Crippen LogP contribution in [0.25, 0.3) is 0 Å². The first-order valence-electron chi connectivity index (χ1n) is 5.84. The van der Waals surface area contributed by atoms with Crippen molar-refractivity contribution in [2.75, 3.05) is 26.0 Å². The van der Waals surface area contributed by atoms with Crippen molar-refractivity contribution in [3.63, 3.8) is 0 Å². The van der Waals surface area contributed by atoms with E-state index in [9.17, 15) is 14.4 Å². The molecule has 0 unspecified atom stereocenters. The largest absolute Gasteiger partial charge is 0.451 e. The molecule has 112 valence electrons. The van der Waals surface area contributed by atoms with E-state index in [2.05, 4.69) is 15.3 Å². The van der Waals surface area contributed by atoms with Crippen LogP contribution in [0.3, 0.4) is 0 Å². The second-order valence-corrected chi connectivity index (χ2v) is 5.09. The molecule has 1 aliphatic rings. The lowest BCUT2D eigenvalue weighted by molar-refractivity contribution is -0.130. The molecule has 3 amide bonds. The molecule has 0 aromatic carbocycles. The van der Waals surface area contributed by atoms with Crippen molar-refractivity contribution in [1.29, 1.82) is 0 Å². The van der Waals surface area contributed by atoms with Crippen molar-refractivity contribution in [1.82, 2.24) is 20.2 Å². The van der Waals surface area contributed by atoms with Crippen molar-refractivity contribution in [3.8, 4) is 0 Å². The number of aromatic nitrogens is 2. The minimum Gasteiger partial charge on any atom is -0.451 e. The van der Waals surface area contributed by atoms with Gasteiger partial charge in [-0.3, -0.25) is 9.69 Å². The van der Waals surface area contributed by atoms with Crippen LogP contribution < -0.4 is 5.32 Å². The van der Waals surface area contributed by atoms with E-state index < -0.39 is 24.5 Å². The van der Waals surface area contributed by atoms with Crippen LogP contribution in [-0.2, 0) is 9.53 Å². The second kappa shape index (κ2) is 6.72. The van der Waals surface area contributed by atoms with E-state index in [1.807, 2.05) is 0 Å². The predicted molar refractivity (Wildman–Crippen MR) is 74.2 cm³/mol. The summed E-state index contributed by atoms with van der Waals surface area (Å²) in [6.07, 6.45) is 3.03. The fraction of sp³-hybridized carbons (Fsp3) is 0.364. The van der Waals surface area contributed by atoms with E-state index in [0.717, 1.165) is 4.90 Å². The Hall–Kier alpha value is -1.87. The van der Waals surface area contributed by atoms with Gasteiger partial charge >= 0.3 is 12.0 Å². The van der Waals surface area contributed by atoms with Crippen LogP contribution in [0.1, 0.15) is 10.5 Å². The number of halogens is 1. The topological polar surface area (TPSA) is 101 Å². The predicted octanol–water partition coefficient (Wildman–Crippen LogP) is 0.560. The Morgan fingerprint density at radius 1 is 1.57 bits per heavy atom. The number of urea groups is 1. The standard InChI is InChI=1S/C11H11ClN4O4S/c1-21-10-14-4-6(12)8(15-10)9(18)20-5-7(17)16-3-2-13-11(16)19/h4H,2-3,5H2,1H3,(H,13,19). The number of carbonyl (C=O) groups excluding carboxylic acids is 3. The van der Waals surface area contributed by atoms with E-state index in [-0.39, 0.29) is 17.3 Å². The molecule has 1 aromatic heterocycles. The molecule has 0 bridgehead atoms. The van der Waals surface area contributed by atoms with Gasteiger partial charge in [-0.25, -0.2) is 19.6 Å². The van der Waals surface area contributed by atoms with Crippen molar-refractivity contribution >= 4 is 41.3 Å². The van der Waals surface area contributed by atoms with Crippen LogP contribution in [0.5, 0.6) is 0 Å². The van der Waals surface area contributed by atoms with E-state index in [1.54, 1.807) is 6.26 Å². The molecule has 1 saturated heterocycles. The fourth-order valence-corrected chi connectivity index (χ4v) is 2.08. The highest BCUT2D eigenvalue weighted by Gasteiger charge is 2.27. The summed E-state index contributed by atoms with van der Waals surface area (Å²) in [4.78, 5) is 43.6. The summed E-state index contributed by atoms with van der Waals surface area (Å²) >= 11 is 7.06. The van der Waals surface area contributed by atoms with Gasteiger partial charge in [-0.1, -0.05) is 23.4 Å². The Kier molecular flexibility index (Phi) is 4.97. The number of hydrogen-bond acceptors (Lipinski definition) is 7. The summed E-state index contributed by atoms with van der Waals surface area (Å²) in [6, 6.07) is -0.499. The average molecular weight is 331 g/mol. The Balaban J connectivity index is 1.98. The van der Waals surface area contributed by atoms with E-state index in [4.69, 9.17) is 16.3 Å². The molecular formula is C11H11ClN4O4S. The third kappa shape index (κ3) is 3.61. The minimum atomic E-state index is -0.842. The number of amides is 3. The number of ether oxygens (including phenoxy) is 1. The number of hydrogen-bond donors (Lipinski definition) is 1. The van der Waals surface area contributed by atoms with E-state index >= 15 is 0 Å². The fourth-order valence-electron chi connectivity index (χ4n) is 1.58. The third-order valence-electron chi connectivity index (χ3n) is 2.58. The van der Waals surface area contributed by atoms with Crippen LogP contribution in [-0.4, -0.2) is 58.7 Å². The molecule has 0 atom stereocenters. The van der Waals surface area contributed by atoms with Crippen LogP contribution in [0, 0.1) is 0 Å². The van der Waals surface area contributed by atoms with E-state index in [1.165, 1.54) is 18.0 Å². The highest BCUT2D eigenvalue weighted by Crippen LogP contribution is 2.17. The molecule has 1 aliphatic heterocycles. The van der Waals surface area contributed by atoms with Gasteiger partial charge in [-0.05, 0) is 6.26 Å². The number of imide groups is 1. The maximum absolute atomic E-state index is 11.9. The lowest BCUT2D eigenvalue weighted by atomic mass is 10.4. The molecule has 1 fully saturated rings. The Labute approximate surface area is 129 Å². The highest BCUT2D eigenvalue weighted by molar-refractivity contribution is 7.98. The van der Waals surface area contributed by atoms with Crippen molar-refractivity contribution in [2.24, 2.45) is 0 Å². The summed E-state index contributed by atoms with van der Waals surface area (Å²) in [5.74, 6) is -1.45. The molecule has 2 heterocycles. The minimum absolute atomic E-state index is 0.0316. The van der Waals surface area contributed by atoms with Gasteiger partial charge in [0.1, 0.15) is 0 Å². The number of thioether (sulfide) groups is 1. The van der Waals surface area contributed by atoms with Crippen LogP contribution >= 0.6 is 23.4 Å². The van der Waals surface area contributed by atoms with Crippen LogP contribution in [0.15, 0.2) is 11.4 Å². The first-order chi connectivity index (χ1) is 10.0. The zero-order valence-corrected chi connectivity index (χ0v) is 12.5. The molecule has 2 rings (SSSR count). The van der Waals surface area contributed by atoms with E-state index in [0.29, 0.717) is 11.7 Å². The molecule has 0 aliphatic carbocycles. The summed E-state index contributed by atoms with van der Waals surface area (Å²) in [5, 5.41) is 2.86. The number of nitrogens with zero attached hydrogens (tertiary/aromatic N) is 3. The zero-order chi connectivity index (χ0) is 15.4. The monoisotopic (exact) mass is 330 g/mol. The molecule has 0 spiro atoms. The van der Waals surface area contributed by atoms with Gasteiger partial charge in [0, 0.05) is 13.1 Å². The number of carbonyl (C=O) groups is 3. The number of nitrogens with one attached hydrogen (secondary N) is 1. The first-order valence-corrected chi connectivity index (χ1v) is 7.45. The van der Waals surface area contributed by atoms with Gasteiger partial charge in [0.15, 0.2) is 17.5 Å². The third-order valence-corrected chi connectivity index (χ3v) is 3.42. The summed E-state index contributed by atoms with van der Waals surface area (Å²) in [6.45, 7) is 0.0780. The molecule has 10 heteroatoms. The van der Waals surface area contributed by atoms with Crippen LogP contribution in [0.4, 0.5) is 4.79 Å². The quantitative estimate of drug-likeness (QED) is 0.489. The lowest BCUT2D eigenvalue weighted by Gasteiger charge is -2.12. The summed E-state index contributed by atoms with van der Waals surface area (Å²) in [5.41, 5.74) is -0.116. The Morgan fingerprint density at radius 3 is 2.95 bits per heavy atom. The van der Waals surface area contributed by atoms with Crippen molar-refractivity contribution < 1.29 is 19.1 Å². The average Bonchev–Trinajstić information content (AvgIpc) is 2.91. The first kappa shape index (κ1) is 15.5. The van der Waals surface area contributed by atoms with Gasteiger partial charge in [0.25, 0.3) is 5.91 Å². The van der Waals surface area contributed by atoms with Gasteiger partial charge in [0.2, 0.25) is 0 Å². The Morgan fingerprint density at radius 2 is 2.33 bits per heavy atom. The SMILES string of the molecule is CSc1ncc(Cl)c(C(=O)OCC(=O)N2CCNC2=O)n1. The number of esters is 1. The van der Waals surface area contributed by atoms with Gasteiger partial charge < -0.3 is 10.1 Å². The second-order valence-electron chi connectivity index (χ2n) is 3.91. The molecule has 1 aromatic rings. The molecule has 0 radical (unpaired) electrons. The smallest absolute Gasteiger partial charge is 0.359 e. The molecule has 8 nitrogen and oxygen atoms in total.